The number of fused-ring (bicyclic) bond motifs is 5. The van der Waals surface area contributed by atoms with Crippen molar-refractivity contribution in [2.24, 2.45) is 0 Å². The molecule has 7 rings (SSSR count). The molecule has 4 nitrogen and oxygen atoms in total. The van der Waals surface area contributed by atoms with Crippen LogP contribution in [0.2, 0.25) is 0 Å². The Morgan fingerprint density at radius 1 is 0.564 bits per heavy atom. The van der Waals surface area contributed by atoms with Crippen molar-refractivity contribution in [2.45, 2.75) is 19.3 Å². The van der Waals surface area contributed by atoms with Crippen LogP contribution in [-0.4, -0.2) is 4.57 Å². The lowest BCUT2D eigenvalue weighted by Gasteiger charge is -2.42. The molecule has 4 heteroatoms. The van der Waals surface area contributed by atoms with Gasteiger partial charge in [-0.05, 0) is 77.9 Å². The minimum atomic E-state index is -0.384. The standard InChI is InChI=1S/C35H24N4/c1-35(2)29-18-23(21-36)14-16-33(29)39(34-17-15-24(22-37)19-30(34)35)26-9-7-8-25(20-26)38-31-12-5-3-10-27(31)28-11-4-6-13-32(28)38/h3-20H,1-2H3. The molecule has 39 heavy (non-hydrogen) atoms. The van der Waals surface area contributed by atoms with Crippen molar-refractivity contribution in [3.8, 4) is 17.8 Å². The van der Waals surface area contributed by atoms with Gasteiger partial charge in [0.1, 0.15) is 0 Å². The van der Waals surface area contributed by atoms with E-state index in [1.807, 2.05) is 36.4 Å². The number of benzene rings is 5. The summed E-state index contributed by atoms with van der Waals surface area (Å²) < 4.78 is 2.32. The first-order valence-corrected chi connectivity index (χ1v) is 13.0. The zero-order valence-electron chi connectivity index (χ0n) is 21.7. The van der Waals surface area contributed by atoms with E-state index in [2.05, 4.69) is 108 Å². The van der Waals surface area contributed by atoms with Gasteiger partial charge in [-0.3, -0.25) is 0 Å². The lowest BCUT2D eigenvalue weighted by molar-refractivity contribution is 0.631. The molecule has 0 spiro atoms. The van der Waals surface area contributed by atoms with Gasteiger partial charge in [-0.15, -0.1) is 0 Å². The number of para-hydroxylation sites is 2. The van der Waals surface area contributed by atoms with Gasteiger partial charge < -0.3 is 9.47 Å². The Hall–Kier alpha value is -5.32. The molecule has 2 heterocycles. The highest BCUT2D eigenvalue weighted by atomic mass is 15.2. The van der Waals surface area contributed by atoms with Gasteiger partial charge in [0.2, 0.25) is 0 Å². The maximum absolute atomic E-state index is 9.68. The van der Waals surface area contributed by atoms with E-state index < -0.39 is 0 Å². The third kappa shape index (κ3) is 3.29. The van der Waals surface area contributed by atoms with Gasteiger partial charge in [-0.1, -0.05) is 56.3 Å². The largest absolute Gasteiger partial charge is 0.310 e. The van der Waals surface area contributed by atoms with E-state index in [4.69, 9.17) is 0 Å². The van der Waals surface area contributed by atoms with Crippen molar-refractivity contribution in [3.63, 3.8) is 0 Å². The third-order valence-corrected chi connectivity index (χ3v) is 8.01. The van der Waals surface area contributed by atoms with Gasteiger partial charge in [0.25, 0.3) is 0 Å². The van der Waals surface area contributed by atoms with Crippen LogP contribution in [0.25, 0.3) is 27.5 Å². The SMILES string of the molecule is CC1(C)c2cc(C#N)ccc2N(c2cccc(-n3c4ccccc4c4ccccc43)c2)c2ccc(C#N)cc21. The fourth-order valence-corrected chi connectivity index (χ4v) is 6.13. The Kier molecular flexibility index (Phi) is 4.89. The molecule has 0 unspecified atom stereocenters. The second kappa shape index (κ2) is 8.35. The molecule has 0 saturated heterocycles. The fourth-order valence-electron chi connectivity index (χ4n) is 6.13. The smallest absolute Gasteiger partial charge is 0.0991 e. The number of hydrogen-bond donors (Lipinski definition) is 0. The Morgan fingerprint density at radius 3 is 1.62 bits per heavy atom. The summed E-state index contributed by atoms with van der Waals surface area (Å²) in [6.07, 6.45) is 0. The van der Waals surface area contributed by atoms with Crippen LogP contribution < -0.4 is 4.90 Å². The van der Waals surface area contributed by atoms with Gasteiger partial charge >= 0.3 is 0 Å². The Labute approximate surface area is 227 Å². The summed E-state index contributed by atoms with van der Waals surface area (Å²) >= 11 is 0. The summed E-state index contributed by atoms with van der Waals surface area (Å²) in [5.41, 5.74) is 9.47. The second-order valence-electron chi connectivity index (χ2n) is 10.5. The van der Waals surface area contributed by atoms with Crippen LogP contribution in [0.4, 0.5) is 17.1 Å². The van der Waals surface area contributed by atoms with Gasteiger partial charge in [0, 0.05) is 27.6 Å². The molecule has 0 aliphatic carbocycles. The quantitative estimate of drug-likeness (QED) is 0.239. The molecule has 6 aromatic rings. The van der Waals surface area contributed by atoms with E-state index in [1.165, 1.54) is 10.8 Å². The molecule has 5 aromatic carbocycles. The molecular weight excluding hydrogens is 476 g/mol. The predicted molar refractivity (Wildman–Crippen MR) is 157 cm³/mol. The Balaban J connectivity index is 1.50. The number of hydrogen-bond acceptors (Lipinski definition) is 3. The molecule has 0 fully saturated rings. The minimum Gasteiger partial charge on any atom is -0.310 e. The third-order valence-electron chi connectivity index (χ3n) is 8.01. The molecule has 1 aliphatic rings. The normalized spacial score (nSPS) is 13.5. The number of nitriles is 2. The second-order valence-corrected chi connectivity index (χ2v) is 10.5. The molecule has 184 valence electrons. The average molecular weight is 501 g/mol. The lowest BCUT2D eigenvalue weighted by Crippen LogP contribution is -2.31. The number of aromatic nitrogens is 1. The van der Waals surface area contributed by atoms with Crippen LogP contribution in [-0.2, 0) is 5.41 Å². The van der Waals surface area contributed by atoms with E-state index in [1.54, 1.807) is 0 Å². The van der Waals surface area contributed by atoms with Gasteiger partial charge in [0.15, 0.2) is 0 Å². The molecule has 0 N–H and O–H groups in total. The van der Waals surface area contributed by atoms with Crippen molar-refractivity contribution < 1.29 is 0 Å². The lowest BCUT2D eigenvalue weighted by atomic mass is 9.72. The number of nitrogens with zero attached hydrogens (tertiary/aromatic N) is 4. The Bertz CT molecular complexity index is 1910. The maximum Gasteiger partial charge on any atom is 0.0991 e. The first-order valence-electron chi connectivity index (χ1n) is 13.0. The van der Waals surface area contributed by atoms with Crippen molar-refractivity contribution >= 4 is 38.9 Å². The zero-order valence-corrected chi connectivity index (χ0v) is 21.7. The molecule has 0 bridgehead atoms. The van der Waals surface area contributed by atoms with Crippen LogP contribution in [0.5, 0.6) is 0 Å². The fraction of sp³-hybridized carbons (Fsp3) is 0.0857. The van der Waals surface area contributed by atoms with Gasteiger partial charge in [-0.25, -0.2) is 0 Å². The zero-order chi connectivity index (χ0) is 26.7. The van der Waals surface area contributed by atoms with E-state index in [-0.39, 0.29) is 5.41 Å². The molecule has 1 aliphatic heterocycles. The van der Waals surface area contributed by atoms with Crippen LogP contribution in [0, 0.1) is 22.7 Å². The topological polar surface area (TPSA) is 55.8 Å². The average Bonchev–Trinajstić information content (AvgIpc) is 3.32. The molecule has 0 radical (unpaired) electrons. The molecule has 0 amide bonds. The Morgan fingerprint density at radius 2 is 1.08 bits per heavy atom. The summed E-state index contributed by atoms with van der Waals surface area (Å²) in [5, 5.41) is 21.8. The maximum atomic E-state index is 9.68. The molecular formula is C35H24N4. The van der Waals surface area contributed by atoms with Crippen LogP contribution in [0.3, 0.4) is 0 Å². The van der Waals surface area contributed by atoms with Gasteiger partial charge in [0.05, 0.1) is 45.7 Å². The highest BCUT2D eigenvalue weighted by molar-refractivity contribution is 6.09. The summed E-state index contributed by atoms with van der Waals surface area (Å²) in [6, 6.07) is 42.1. The predicted octanol–water partition coefficient (Wildman–Crippen LogP) is 8.64. The van der Waals surface area contributed by atoms with E-state index >= 15 is 0 Å². The first kappa shape index (κ1) is 22.8. The van der Waals surface area contributed by atoms with Gasteiger partial charge in [-0.2, -0.15) is 10.5 Å². The monoisotopic (exact) mass is 500 g/mol. The molecule has 0 saturated carbocycles. The highest BCUT2D eigenvalue weighted by Crippen LogP contribution is 2.52. The van der Waals surface area contributed by atoms with Crippen molar-refractivity contribution in [2.75, 3.05) is 4.90 Å². The number of anilines is 3. The van der Waals surface area contributed by atoms with E-state index in [0.29, 0.717) is 11.1 Å². The van der Waals surface area contributed by atoms with Crippen molar-refractivity contribution in [1.82, 2.24) is 4.57 Å². The summed E-state index contributed by atoms with van der Waals surface area (Å²) in [4.78, 5) is 2.26. The first-order chi connectivity index (χ1) is 19.0. The highest BCUT2D eigenvalue weighted by Gasteiger charge is 2.37. The van der Waals surface area contributed by atoms with E-state index in [0.717, 1.165) is 44.9 Å². The van der Waals surface area contributed by atoms with Crippen LogP contribution in [0.1, 0.15) is 36.1 Å². The minimum absolute atomic E-state index is 0.384. The summed E-state index contributed by atoms with van der Waals surface area (Å²) in [5.74, 6) is 0. The molecule has 0 atom stereocenters. The summed E-state index contributed by atoms with van der Waals surface area (Å²) in [7, 11) is 0. The molecule has 1 aromatic heterocycles. The van der Waals surface area contributed by atoms with Crippen LogP contribution in [0.15, 0.2) is 109 Å². The van der Waals surface area contributed by atoms with Crippen molar-refractivity contribution in [3.05, 3.63) is 131 Å². The van der Waals surface area contributed by atoms with Crippen molar-refractivity contribution in [1.29, 1.82) is 10.5 Å². The number of rotatable bonds is 2. The summed E-state index contributed by atoms with van der Waals surface area (Å²) in [6.45, 7) is 4.33. The van der Waals surface area contributed by atoms with Crippen LogP contribution >= 0.6 is 0 Å². The van der Waals surface area contributed by atoms with E-state index in [9.17, 15) is 10.5 Å².